The number of aryl methyl sites for hydroxylation is 2. The van der Waals surface area contributed by atoms with Crippen LogP contribution in [0.4, 0.5) is 4.39 Å². The molecule has 1 saturated heterocycles. The standard InChI is InChI=1S/C17H19FN2O2S/c1-12-16(23-11-19-12)6-7-17(21)20-8-9-22-15(10-20)13-2-4-14(18)5-3-13/h2-5,11,15H,6-10H2,1H3. The van der Waals surface area contributed by atoms with E-state index in [1.165, 1.54) is 17.0 Å². The number of hydrogen-bond acceptors (Lipinski definition) is 4. The Hall–Kier alpha value is -1.79. The molecule has 1 fully saturated rings. The summed E-state index contributed by atoms with van der Waals surface area (Å²) in [6, 6.07) is 6.28. The van der Waals surface area contributed by atoms with Crippen LogP contribution in [0.1, 0.15) is 28.7 Å². The van der Waals surface area contributed by atoms with Crippen LogP contribution in [0.3, 0.4) is 0 Å². The van der Waals surface area contributed by atoms with Crippen molar-refractivity contribution in [3.63, 3.8) is 0 Å². The number of halogens is 1. The van der Waals surface area contributed by atoms with E-state index in [4.69, 9.17) is 4.74 Å². The van der Waals surface area contributed by atoms with Gasteiger partial charge >= 0.3 is 0 Å². The molecule has 0 bridgehead atoms. The summed E-state index contributed by atoms with van der Waals surface area (Å²) in [5.41, 5.74) is 3.73. The van der Waals surface area contributed by atoms with Crippen LogP contribution >= 0.6 is 11.3 Å². The summed E-state index contributed by atoms with van der Waals surface area (Å²) in [5.74, 6) is -0.134. The average Bonchev–Trinajstić information content (AvgIpc) is 2.98. The Kier molecular flexibility index (Phi) is 5.03. The van der Waals surface area contributed by atoms with E-state index in [-0.39, 0.29) is 17.8 Å². The molecule has 1 amide bonds. The molecule has 23 heavy (non-hydrogen) atoms. The van der Waals surface area contributed by atoms with Crippen LogP contribution < -0.4 is 0 Å². The van der Waals surface area contributed by atoms with Gasteiger partial charge in [0.15, 0.2) is 0 Å². The van der Waals surface area contributed by atoms with Crippen molar-refractivity contribution in [2.45, 2.75) is 25.9 Å². The minimum atomic E-state index is -0.266. The van der Waals surface area contributed by atoms with Crippen molar-refractivity contribution in [2.75, 3.05) is 19.7 Å². The van der Waals surface area contributed by atoms with Gasteiger partial charge < -0.3 is 9.64 Å². The molecule has 1 aromatic heterocycles. The summed E-state index contributed by atoms with van der Waals surface area (Å²) in [5, 5.41) is 0. The van der Waals surface area contributed by atoms with Gasteiger partial charge in [-0.15, -0.1) is 11.3 Å². The van der Waals surface area contributed by atoms with Gasteiger partial charge in [0.1, 0.15) is 11.9 Å². The fourth-order valence-corrected chi connectivity index (χ4v) is 3.48. The first-order valence-corrected chi connectivity index (χ1v) is 8.55. The lowest BCUT2D eigenvalue weighted by atomic mass is 10.1. The van der Waals surface area contributed by atoms with E-state index in [9.17, 15) is 9.18 Å². The summed E-state index contributed by atoms with van der Waals surface area (Å²) in [6.45, 7) is 3.60. The molecule has 0 saturated carbocycles. The molecule has 0 N–H and O–H groups in total. The topological polar surface area (TPSA) is 42.4 Å². The van der Waals surface area contributed by atoms with Crippen molar-refractivity contribution < 1.29 is 13.9 Å². The highest BCUT2D eigenvalue weighted by Gasteiger charge is 2.25. The molecule has 1 aliphatic heterocycles. The Morgan fingerprint density at radius 2 is 2.22 bits per heavy atom. The molecule has 122 valence electrons. The molecule has 0 spiro atoms. The molecule has 1 atom stereocenters. The number of rotatable bonds is 4. The Morgan fingerprint density at radius 3 is 2.91 bits per heavy atom. The van der Waals surface area contributed by atoms with Gasteiger partial charge in [-0.05, 0) is 31.0 Å². The second-order valence-corrected chi connectivity index (χ2v) is 6.55. The number of nitrogens with zero attached hydrogens (tertiary/aromatic N) is 2. The minimum Gasteiger partial charge on any atom is -0.370 e. The molecule has 6 heteroatoms. The zero-order valence-electron chi connectivity index (χ0n) is 13.0. The lowest BCUT2D eigenvalue weighted by Crippen LogP contribution is -2.42. The normalized spacial score (nSPS) is 18.2. The number of carbonyl (C=O) groups is 1. The van der Waals surface area contributed by atoms with Gasteiger partial charge in [-0.2, -0.15) is 0 Å². The zero-order valence-corrected chi connectivity index (χ0v) is 13.8. The van der Waals surface area contributed by atoms with E-state index in [2.05, 4.69) is 4.98 Å². The van der Waals surface area contributed by atoms with Crippen LogP contribution in [0.15, 0.2) is 29.8 Å². The lowest BCUT2D eigenvalue weighted by molar-refractivity contribution is -0.139. The van der Waals surface area contributed by atoms with Crippen molar-refractivity contribution in [1.29, 1.82) is 0 Å². The number of morpholine rings is 1. The molecule has 1 aliphatic rings. The maximum atomic E-state index is 13.0. The Morgan fingerprint density at radius 1 is 1.43 bits per heavy atom. The lowest BCUT2D eigenvalue weighted by Gasteiger charge is -2.33. The van der Waals surface area contributed by atoms with Crippen molar-refractivity contribution in [2.24, 2.45) is 0 Å². The fourth-order valence-electron chi connectivity index (χ4n) is 2.70. The average molecular weight is 334 g/mol. The Balaban J connectivity index is 1.58. The maximum absolute atomic E-state index is 13.0. The second kappa shape index (κ2) is 7.19. The molecule has 0 radical (unpaired) electrons. The van der Waals surface area contributed by atoms with Crippen LogP contribution in [0, 0.1) is 12.7 Å². The highest BCUT2D eigenvalue weighted by molar-refractivity contribution is 7.09. The summed E-state index contributed by atoms with van der Waals surface area (Å²) < 4.78 is 18.7. The smallest absolute Gasteiger partial charge is 0.223 e. The molecule has 4 nitrogen and oxygen atoms in total. The number of amides is 1. The number of thiazole rings is 1. The van der Waals surface area contributed by atoms with E-state index >= 15 is 0 Å². The van der Waals surface area contributed by atoms with E-state index in [0.717, 1.165) is 17.7 Å². The van der Waals surface area contributed by atoms with Crippen molar-refractivity contribution in [3.05, 3.63) is 51.7 Å². The third kappa shape index (κ3) is 3.95. The molecule has 1 unspecified atom stereocenters. The largest absolute Gasteiger partial charge is 0.370 e. The van der Waals surface area contributed by atoms with E-state index in [1.54, 1.807) is 23.5 Å². The van der Waals surface area contributed by atoms with E-state index < -0.39 is 0 Å². The van der Waals surface area contributed by atoms with Crippen molar-refractivity contribution >= 4 is 17.2 Å². The fraction of sp³-hybridized carbons (Fsp3) is 0.412. The van der Waals surface area contributed by atoms with Crippen LogP contribution in [0.2, 0.25) is 0 Å². The number of carbonyl (C=O) groups excluding carboxylic acids is 1. The first-order chi connectivity index (χ1) is 11.1. The molecule has 2 heterocycles. The minimum absolute atomic E-state index is 0.133. The van der Waals surface area contributed by atoms with E-state index in [1.807, 2.05) is 17.3 Å². The van der Waals surface area contributed by atoms with Gasteiger partial charge in [0.25, 0.3) is 0 Å². The van der Waals surface area contributed by atoms with Crippen LogP contribution in [0.25, 0.3) is 0 Å². The molecule has 1 aromatic carbocycles. The van der Waals surface area contributed by atoms with Crippen LogP contribution in [0.5, 0.6) is 0 Å². The number of aromatic nitrogens is 1. The second-order valence-electron chi connectivity index (χ2n) is 5.61. The molecular weight excluding hydrogens is 315 g/mol. The van der Waals surface area contributed by atoms with E-state index in [0.29, 0.717) is 26.1 Å². The highest BCUT2D eigenvalue weighted by Crippen LogP contribution is 2.23. The van der Waals surface area contributed by atoms with Gasteiger partial charge in [-0.1, -0.05) is 12.1 Å². The monoisotopic (exact) mass is 334 g/mol. The summed E-state index contributed by atoms with van der Waals surface area (Å²) in [7, 11) is 0. The van der Waals surface area contributed by atoms with Gasteiger partial charge in [-0.25, -0.2) is 9.37 Å². The predicted molar refractivity (Wildman–Crippen MR) is 86.8 cm³/mol. The summed E-state index contributed by atoms with van der Waals surface area (Å²) in [6.07, 6.45) is 1.03. The molecule has 3 rings (SSSR count). The quantitative estimate of drug-likeness (QED) is 0.863. The molecule has 2 aromatic rings. The predicted octanol–water partition coefficient (Wildman–Crippen LogP) is 3.12. The molecular formula is C17H19FN2O2S. The Labute approximate surface area is 138 Å². The zero-order chi connectivity index (χ0) is 16.2. The van der Waals surface area contributed by atoms with Crippen molar-refractivity contribution in [3.8, 4) is 0 Å². The molecule has 0 aliphatic carbocycles. The Bertz CT molecular complexity index is 671. The van der Waals surface area contributed by atoms with Crippen molar-refractivity contribution in [1.82, 2.24) is 9.88 Å². The van der Waals surface area contributed by atoms with Crippen LogP contribution in [-0.2, 0) is 16.0 Å². The van der Waals surface area contributed by atoms with Gasteiger partial charge in [0, 0.05) is 17.8 Å². The maximum Gasteiger partial charge on any atom is 0.223 e. The number of benzene rings is 1. The van der Waals surface area contributed by atoms with Gasteiger partial charge in [0.2, 0.25) is 5.91 Å². The summed E-state index contributed by atoms with van der Waals surface area (Å²) >= 11 is 1.59. The first kappa shape index (κ1) is 16.1. The van der Waals surface area contributed by atoms with Crippen LogP contribution in [-0.4, -0.2) is 35.5 Å². The SMILES string of the molecule is Cc1ncsc1CCC(=O)N1CCOC(c2ccc(F)cc2)C1. The highest BCUT2D eigenvalue weighted by atomic mass is 32.1. The van der Waals surface area contributed by atoms with Gasteiger partial charge in [0.05, 0.1) is 24.4 Å². The third-order valence-corrected chi connectivity index (χ3v) is 5.07. The first-order valence-electron chi connectivity index (χ1n) is 7.67. The number of hydrogen-bond donors (Lipinski definition) is 0. The number of ether oxygens (including phenoxy) is 1. The summed E-state index contributed by atoms with van der Waals surface area (Å²) in [4.78, 5) is 19.6. The third-order valence-electron chi connectivity index (χ3n) is 4.07. The van der Waals surface area contributed by atoms with Gasteiger partial charge in [-0.3, -0.25) is 4.79 Å².